The number of aliphatic imine (C=N–C) groups is 1. The van der Waals surface area contributed by atoms with Crippen LogP contribution in [0.15, 0.2) is 59.9 Å². The zero-order valence-electron chi connectivity index (χ0n) is 13.3. The standard InChI is InChI=1S/C18H18N4O2/c1-2-23-17-10-15(11-19-18-20-13-21-22-18)8-9-16(17)24-12-14-6-4-3-5-7-14/h3-11,13H,2,12H2,1H3,(H,20,21,22). The summed E-state index contributed by atoms with van der Waals surface area (Å²) in [5, 5.41) is 6.44. The van der Waals surface area contributed by atoms with E-state index in [9.17, 15) is 0 Å². The van der Waals surface area contributed by atoms with Gasteiger partial charge in [-0.15, -0.1) is 0 Å². The van der Waals surface area contributed by atoms with E-state index >= 15 is 0 Å². The molecule has 6 nitrogen and oxygen atoms in total. The lowest BCUT2D eigenvalue weighted by atomic mass is 10.2. The molecule has 3 aromatic rings. The van der Waals surface area contributed by atoms with Gasteiger partial charge in [-0.3, -0.25) is 0 Å². The molecule has 0 bridgehead atoms. The number of nitrogens with zero attached hydrogens (tertiary/aromatic N) is 3. The van der Waals surface area contributed by atoms with Crippen LogP contribution in [0.2, 0.25) is 0 Å². The fourth-order valence-corrected chi connectivity index (χ4v) is 2.12. The summed E-state index contributed by atoms with van der Waals surface area (Å²) in [5.74, 6) is 1.85. The Morgan fingerprint density at radius 2 is 1.96 bits per heavy atom. The van der Waals surface area contributed by atoms with Crippen LogP contribution in [0.3, 0.4) is 0 Å². The lowest BCUT2D eigenvalue weighted by Gasteiger charge is -2.12. The van der Waals surface area contributed by atoms with Crippen molar-refractivity contribution in [1.82, 2.24) is 15.2 Å². The topological polar surface area (TPSA) is 72.4 Å². The van der Waals surface area contributed by atoms with Crippen molar-refractivity contribution < 1.29 is 9.47 Å². The van der Waals surface area contributed by atoms with E-state index in [0.29, 0.717) is 30.7 Å². The average molecular weight is 322 g/mol. The minimum atomic E-state index is 0.456. The first kappa shape index (κ1) is 15.7. The molecule has 122 valence electrons. The van der Waals surface area contributed by atoms with Crippen molar-refractivity contribution in [2.45, 2.75) is 13.5 Å². The monoisotopic (exact) mass is 322 g/mol. The van der Waals surface area contributed by atoms with E-state index in [4.69, 9.17) is 9.47 Å². The molecule has 0 atom stereocenters. The first-order chi connectivity index (χ1) is 11.8. The van der Waals surface area contributed by atoms with Crippen LogP contribution in [-0.2, 0) is 6.61 Å². The third kappa shape index (κ3) is 4.19. The highest BCUT2D eigenvalue weighted by molar-refractivity contribution is 5.82. The number of hydrogen-bond acceptors (Lipinski definition) is 5. The van der Waals surface area contributed by atoms with Crippen LogP contribution in [0.4, 0.5) is 5.95 Å². The summed E-state index contributed by atoms with van der Waals surface area (Å²) in [6.45, 7) is 2.99. The Balaban J connectivity index is 1.74. The molecule has 6 heteroatoms. The van der Waals surface area contributed by atoms with Crippen molar-refractivity contribution in [3.05, 3.63) is 66.0 Å². The number of aromatic amines is 1. The molecule has 0 spiro atoms. The summed E-state index contributed by atoms with van der Waals surface area (Å²) in [5.41, 5.74) is 2.00. The Morgan fingerprint density at radius 1 is 1.08 bits per heavy atom. The van der Waals surface area contributed by atoms with Gasteiger partial charge in [-0.05, 0) is 36.2 Å². The van der Waals surface area contributed by atoms with Gasteiger partial charge in [0.1, 0.15) is 12.9 Å². The molecule has 0 radical (unpaired) electrons. The summed E-state index contributed by atoms with van der Waals surface area (Å²) in [4.78, 5) is 8.16. The molecule has 0 fully saturated rings. The number of H-pyrrole nitrogens is 1. The van der Waals surface area contributed by atoms with Crippen LogP contribution in [-0.4, -0.2) is 28.0 Å². The number of ether oxygens (including phenoxy) is 2. The second kappa shape index (κ2) is 7.92. The van der Waals surface area contributed by atoms with Crippen LogP contribution >= 0.6 is 0 Å². The summed E-state index contributed by atoms with van der Waals surface area (Å²) < 4.78 is 11.6. The fourth-order valence-electron chi connectivity index (χ4n) is 2.12. The Hall–Kier alpha value is -3.15. The zero-order chi connectivity index (χ0) is 16.6. The molecule has 0 amide bonds. The van der Waals surface area contributed by atoms with E-state index in [2.05, 4.69) is 20.2 Å². The number of rotatable bonds is 7. The molecule has 2 aromatic carbocycles. The zero-order valence-corrected chi connectivity index (χ0v) is 13.3. The van der Waals surface area contributed by atoms with E-state index < -0.39 is 0 Å². The fraction of sp³-hybridized carbons (Fsp3) is 0.167. The number of hydrogen-bond donors (Lipinski definition) is 1. The maximum absolute atomic E-state index is 5.88. The van der Waals surface area contributed by atoms with Gasteiger partial charge in [0.15, 0.2) is 11.5 Å². The van der Waals surface area contributed by atoms with E-state index in [1.807, 2.05) is 55.5 Å². The van der Waals surface area contributed by atoms with Crippen LogP contribution in [0, 0.1) is 0 Å². The molecule has 3 rings (SSSR count). The van der Waals surface area contributed by atoms with Gasteiger partial charge in [-0.2, -0.15) is 10.1 Å². The van der Waals surface area contributed by atoms with Crippen molar-refractivity contribution in [2.24, 2.45) is 4.99 Å². The molecule has 1 N–H and O–H groups in total. The molecule has 0 saturated carbocycles. The van der Waals surface area contributed by atoms with Gasteiger partial charge in [0, 0.05) is 6.21 Å². The second-order valence-corrected chi connectivity index (χ2v) is 4.98. The molecule has 24 heavy (non-hydrogen) atoms. The van der Waals surface area contributed by atoms with Gasteiger partial charge in [0.25, 0.3) is 0 Å². The van der Waals surface area contributed by atoms with Gasteiger partial charge < -0.3 is 9.47 Å². The predicted octanol–water partition coefficient (Wildman–Crippen LogP) is 3.53. The summed E-state index contributed by atoms with van der Waals surface area (Å²) in [7, 11) is 0. The Bertz CT molecular complexity index is 786. The maximum Gasteiger partial charge on any atom is 0.245 e. The first-order valence-corrected chi connectivity index (χ1v) is 7.68. The molecule has 0 saturated heterocycles. The van der Waals surface area contributed by atoms with Crippen LogP contribution in [0.5, 0.6) is 11.5 Å². The van der Waals surface area contributed by atoms with E-state index in [0.717, 1.165) is 11.1 Å². The quantitative estimate of drug-likeness (QED) is 0.675. The Morgan fingerprint density at radius 3 is 2.71 bits per heavy atom. The largest absolute Gasteiger partial charge is 0.490 e. The molecule has 0 unspecified atom stereocenters. The highest BCUT2D eigenvalue weighted by atomic mass is 16.5. The molecule has 1 aromatic heterocycles. The normalized spacial score (nSPS) is 10.9. The minimum Gasteiger partial charge on any atom is -0.490 e. The van der Waals surface area contributed by atoms with Crippen molar-refractivity contribution in [3.8, 4) is 11.5 Å². The third-order valence-electron chi connectivity index (χ3n) is 3.24. The first-order valence-electron chi connectivity index (χ1n) is 7.68. The van der Waals surface area contributed by atoms with E-state index in [1.165, 1.54) is 6.33 Å². The summed E-state index contributed by atoms with van der Waals surface area (Å²) >= 11 is 0. The number of nitrogens with one attached hydrogen (secondary N) is 1. The van der Waals surface area contributed by atoms with E-state index in [1.54, 1.807) is 6.21 Å². The van der Waals surface area contributed by atoms with Crippen LogP contribution in [0.1, 0.15) is 18.1 Å². The highest BCUT2D eigenvalue weighted by Crippen LogP contribution is 2.29. The van der Waals surface area contributed by atoms with Crippen molar-refractivity contribution in [1.29, 1.82) is 0 Å². The SMILES string of the molecule is CCOc1cc(C=Nc2ncn[nH]2)ccc1OCc1ccccc1. The van der Waals surface area contributed by atoms with Gasteiger partial charge in [-0.25, -0.2) is 10.1 Å². The Labute approximate surface area is 140 Å². The smallest absolute Gasteiger partial charge is 0.245 e. The second-order valence-electron chi connectivity index (χ2n) is 4.98. The molecular formula is C18H18N4O2. The number of benzene rings is 2. The minimum absolute atomic E-state index is 0.456. The molecule has 0 aliphatic carbocycles. The molecule has 1 heterocycles. The summed E-state index contributed by atoms with van der Waals surface area (Å²) in [6, 6.07) is 15.7. The van der Waals surface area contributed by atoms with Crippen LogP contribution < -0.4 is 9.47 Å². The van der Waals surface area contributed by atoms with Crippen molar-refractivity contribution in [2.75, 3.05) is 6.61 Å². The average Bonchev–Trinajstić information content (AvgIpc) is 3.14. The Kier molecular flexibility index (Phi) is 5.19. The third-order valence-corrected chi connectivity index (χ3v) is 3.24. The van der Waals surface area contributed by atoms with Gasteiger partial charge >= 0.3 is 0 Å². The van der Waals surface area contributed by atoms with E-state index in [-0.39, 0.29) is 0 Å². The van der Waals surface area contributed by atoms with Gasteiger partial charge in [0.2, 0.25) is 5.95 Å². The van der Waals surface area contributed by atoms with Gasteiger partial charge in [-0.1, -0.05) is 30.3 Å². The highest BCUT2D eigenvalue weighted by Gasteiger charge is 2.06. The molecule has 0 aliphatic heterocycles. The van der Waals surface area contributed by atoms with Gasteiger partial charge in [0.05, 0.1) is 6.61 Å². The lowest BCUT2D eigenvalue weighted by molar-refractivity contribution is 0.269. The predicted molar refractivity (Wildman–Crippen MR) is 92.0 cm³/mol. The summed E-state index contributed by atoms with van der Waals surface area (Å²) in [6.07, 6.45) is 3.11. The maximum atomic E-state index is 5.88. The number of aromatic nitrogens is 3. The van der Waals surface area contributed by atoms with Crippen molar-refractivity contribution >= 4 is 12.2 Å². The molecule has 0 aliphatic rings. The van der Waals surface area contributed by atoms with Crippen molar-refractivity contribution in [3.63, 3.8) is 0 Å². The lowest BCUT2D eigenvalue weighted by Crippen LogP contribution is -2.00. The molecular weight excluding hydrogens is 304 g/mol. The van der Waals surface area contributed by atoms with Crippen LogP contribution in [0.25, 0.3) is 0 Å².